The van der Waals surface area contributed by atoms with Crippen LogP contribution >= 0.6 is 0 Å². The summed E-state index contributed by atoms with van der Waals surface area (Å²) in [5, 5.41) is 22.3. The summed E-state index contributed by atoms with van der Waals surface area (Å²) in [5.74, 6) is 0.0577. The van der Waals surface area contributed by atoms with Crippen molar-refractivity contribution >= 4 is 38.2 Å². The maximum absolute atomic E-state index is 13.0. The van der Waals surface area contributed by atoms with Gasteiger partial charge in [0, 0.05) is 10.8 Å². The Morgan fingerprint density at radius 1 is 0.913 bits per heavy atom. The van der Waals surface area contributed by atoms with Gasteiger partial charge < -0.3 is 10.2 Å². The summed E-state index contributed by atoms with van der Waals surface area (Å²) in [4.78, 5) is 17.5. The van der Waals surface area contributed by atoms with Crippen LogP contribution in [0.15, 0.2) is 53.3 Å². The summed E-state index contributed by atoms with van der Waals surface area (Å²) in [6.45, 7) is 0. The van der Waals surface area contributed by atoms with Gasteiger partial charge in [0.25, 0.3) is 5.56 Å². The fraction of sp³-hybridized carbons (Fsp3) is 0. The monoisotopic (exact) mass is 302 g/mol. The zero-order valence-electron chi connectivity index (χ0n) is 11.8. The Labute approximate surface area is 129 Å². The number of phenols is 2. The number of hydrogen-bond donors (Lipinski definition) is 2. The zero-order valence-corrected chi connectivity index (χ0v) is 11.8. The van der Waals surface area contributed by atoms with Gasteiger partial charge in [-0.05, 0) is 41.8 Å². The van der Waals surface area contributed by atoms with Gasteiger partial charge in [-0.3, -0.25) is 9.20 Å². The minimum absolute atomic E-state index is 0.00901. The minimum atomic E-state index is -0.229. The smallest absolute Gasteiger partial charge is 0.264 e. The number of para-hydroxylation sites is 2. The molecule has 3 aromatic carbocycles. The molecule has 0 aliphatic carbocycles. The van der Waals surface area contributed by atoms with Crippen molar-refractivity contribution in [2.45, 2.75) is 0 Å². The first-order chi connectivity index (χ1) is 11.1. The first-order valence-electron chi connectivity index (χ1n) is 7.16. The van der Waals surface area contributed by atoms with E-state index in [-0.39, 0.29) is 17.1 Å². The number of hydrogen-bond acceptors (Lipinski definition) is 4. The summed E-state index contributed by atoms with van der Waals surface area (Å²) in [6.07, 6.45) is 0. The Bertz CT molecular complexity index is 1300. The summed E-state index contributed by atoms with van der Waals surface area (Å²) in [5.41, 5.74) is 1.70. The molecule has 5 aromatic rings. The van der Waals surface area contributed by atoms with Crippen LogP contribution in [0, 0.1) is 0 Å². The number of rotatable bonds is 0. The van der Waals surface area contributed by atoms with E-state index >= 15 is 0 Å². The highest BCUT2D eigenvalue weighted by atomic mass is 16.3. The molecule has 110 valence electrons. The number of aromatic hydroxyl groups is 2. The Morgan fingerprint density at radius 3 is 2.39 bits per heavy atom. The fourth-order valence-corrected chi connectivity index (χ4v) is 3.36. The second-order valence-corrected chi connectivity index (χ2v) is 5.65. The summed E-state index contributed by atoms with van der Waals surface area (Å²) in [7, 11) is 0. The van der Waals surface area contributed by atoms with Crippen LogP contribution in [-0.2, 0) is 0 Å². The highest BCUT2D eigenvalue weighted by molar-refractivity contribution is 6.16. The van der Waals surface area contributed by atoms with Crippen LogP contribution in [0.25, 0.3) is 38.2 Å². The Kier molecular flexibility index (Phi) is 2.07. The largest absolute Gasteiger partial charge is 0.508 e. The van der Waals surface area contributed by atoms with Gasteiger partial charge in [0.15, 0.2) is 0 Å². The second kappa shape index (κ2) is 3.89. The number of benzene rings is 3. The van der Waals surface area contributed by atoms with E-state index in [0.29, 0.717) is 38.2 Å². The molecule has 0 amide bonds. The maximum atomic E-state index is 13.0. The van der Waals surface area contributed by atoms with Gasteiger partial charge in [0.2, 0.25) is 0 Å². The lowest BCUT2D eigenvalue weighted by molar-refractivity contribution is 0.475. The third kappa shape index (κ3) is 1.46. The molecular formula is C18H10N2O3. The SMILES string of the molecule is O=c1c2cc(O)cc3cc(O)cc(c32)c2nc3ccccc3n12. The van der Waals surface area contributed by atoms with Gasteiger partial charge >= 0.3 is 0 Å². The molecule has 0 aliphatic heterocycles. The first-order valence-corrected chi connectivity index (χ1v) is 7.16. The molecule has 5 heteroatoms. The molecular weight excluding hydrogens is 292 g/mol. The van der Waals surface area contributed by atoms with Crippen LogP contribution in [0.4, 0.5) is 0 Å². The molecule has 0 aliphatic rings. The van der Waals surface area contributed by atoms with E-state index in [1.807, 2.05) is 24.3 Å². The normalized spacial score (nSPS) is 12.0. The molecule has 2 N–H and O–H groups in total. The third-order valence-electron chi connectivity index (χ3n) is 4.25. The molecule has 23 heavy (non-hydrogen) atoms. The molecule has 5 rings (SSSR count). The van der Waals surface area contributed by atoms with Crippen molar-refractivity contribution in [2.75, 3.05) is 0 Å². The van der Waals surface area contributed by atoms with Gasteiger partial charge in [-0.1, -0.05) is 12.1 Å². The van der Waals surface area contributed by atoms with Crippen molar-refractivity contribution in [3.63, 3.8) is 0 Å². The predicted octanol–water partition coefficient (Wildman–Crippen LogP) is 3.00. The number of pyridine rings is 1. The average Bonchev–Trinajstić information content (AvgIpc) is 2.91. The second-order valence-electron chi connectivity index (χ2n) is 5.65. The van der Waals surface area contributed by atoms with Crippen LogP contribution in [0.3, 0.4) is 0 Å². The highest BCUT2D eigenvalue weighted by Gasteiger charge is 2.17. The summed E-state index contributed by atoms with van der Waals surface area (Å²) in [6, 6.07) is 13.5. The molecule has 0 saturated heterocycles. The van der Waals surface area contributed by atoms with E-state index in [1.54, 1.807) is 6.07 Å². The van der Waals surface area contributed by atoms with Gasteiger partial charge in [0.1, 0.15) is 17.1 Å². The van der Waals surface area contributed by atoms with Gasteiger partial charge in [-0.2, -0.15) is 0 Å². The summed E-state index contributed by atoms with van der Waals surface area (Å²) >= 11 is 0. The van der Waals surface area contributed by atoms with Gasteiger partial charge in [-0.15, -0.1) is 0 Å². The number of nitrogens with zero attached hydrogens (tertiary/aromatic N) is 2. The van der Waals surface area contributed by atoms with E-state index in [2.05, 4.69) is 4.98 Å². The van der Waals surface area contributed by atoms with Gasteiger partial charge in [-0.25, -0.2) is 4.98 Å². The molecule has 0 bridgehead atoms. The fourth-order valence-electron chi connectivity index (χ4n) is 3.36. The quantitative estimate of drug-likeness (QED) is 0.461. The van der Waals surface area contributed by atoms with Crippen LogP contribution in [0.1, 0.15) is 0 Å². The van der Waals surface area contributed by atoms with Crippen LogP contribution in [0.2, 0.25) is 0 Å². The predicted molar refractivity (Wildman–Crippen MR) is 88.5 cm³/mol. The number of aromatic nitrogens is 2. The topological polar surface area (TPSA) is 74.8 Å². The molecule has 2 heterocycles. The van der Waals surface area contributed by atoms with E-state index in [1.165, 1.54) is 22.6 Å². The molecule has 5 nitrogen and oxygen atoms in total. The number of imidazole rings is 1. The van der Waals surface area contributed by atoms with E-state index in [0.717, 1.165) is 0 Å². The third-order valence-corrected chi connectivity index (χ3v) is 4.25. The first kappa shape index (κ1) is 12.2. The molecule has 0 radical (unpaired) electrons. The Morgan fingerprint density at radius 2 is 1.61 bits per heavy atom. The molecule has 0 unspecified atom stereocenters. The van der Waals surface area contributed by atoms with Crippen LogP contribution < -0.4 is 5.56 Å². The maximum Gasteiger partial charge on any atom is 0.264 e. The van der Waals surface area contributed by atoms with Crippen molar-refractivity contribution in [2.24, 2.45) is 0 Å². The molecule has 0 fully saturated rings. The van der Waals surface area contributed by atoms with Crippen molar-refractivity contribution in [1.82, 2.24) is 9.38 Å². The van der Waals surface area contributed by atoms with Crippen molar-refractivity contribution in [3.8, 4) is 11.5 Å². The Hall–Kier alpha value is -3.34. The number of phenolic OH excluding ortho intramolecular Hbond substituents is 2. The molecule has 0 spiro atoms. The standard InChI is InChI=1S/C18H10N2O3/c21-10-5-9-6-11(22)8-13-16(9)12(7-10)17-19-14-3-1-2-4-15(14)20(17)18(13)23/h1-8,21-22H. The van der Waals surface area contributed by atoms with Crippen LogP contribution in [-0.4, -0.2) is 19.6 Å². The molecule has 0 saturated carbocycles. The van der Waals surface area contributed by atoms with Crippen molar-refractivity contribution < 1.29 is 10.2 Å². The lowest BCUT2D eigenvalue weighted by Crippen LogP contribution is -2.13. The minimum Gasteiger partial charge on any atom is -0.508 e. The highest BCUT2D eigenvalue weighted by Crippen LogP contribution is 2.34. The lowest BCUT2D eigenvalue weighted by Gasteiger charge is -2.08. The van der Waals surface area contributed by atoms with Crippen molar-refractivity contribution in [1.29, 1.82) is 0 Å². The van der Waals surface area contributed by atoms with Crippen LogP contribution in [0.5, 0.6) is 11.5 Å². The van der Waals surface area contributed by atoms with E-state index in [4.69, 9.17) is 0 Å². The molecule has 2 aromatic heterocycles. The zero-order chi connectivity index (χ0) is 15.7. The van der Waals surface area contributed by atoms with E-state index < -0.39 is 0 Å². The Balaban J connectivity index is 2.25. The lowest BCUT2D eigenvalue weighted by atomic mass is 10.0. The van der Waals surface area contributed by atoms with Crippen molar-refractivity contribution in [3.05, 3.63) is 58.9 Å². The van der Waals surface area contributed by atoms with Gasteiger partial charge in [0.05, 0.1) is 16.4 Å². The summed E-state index contributed by atoms with van der Waals surface area (Å²) < 4.78 is 1.53. The average molecular weight is 302 g/mol. The molecule has 0 atom stereocenters. The van der Waals surface area contributed by atoms with E-state index in [9.17, 15) is 15.0 Å². The number of fused-ring (bicyclic) bond motifs is 4.